The van der Waals surface area contributed by atoms with Gasteiger partial charge in [-0.25, -0.2) is 4.98 Å². The fraction of sp³-hybridized carbons (Fsp3) is 0.625. The summed E-state index contributed by atoms with van der Waals surface area (Å²) in [6.45, 7) is 3.86. The van der Waals surface area contributed by atoms with Gasteiger partial charge in [0.25, 0.3) is 0 Å². The van der Waals surface area contributed by atoms with E-state index in [-0.39, 0.29) is 6.04 Å². The molecule has 1 aromatic heterocycles. The Morgan fingerprint density at radius 2 is 2.42 bits per heavy atom. The Hall–Kier alpha value is -0.450. The van der Waals surface area contributed by atoms with Gasteiger partial charge in [0.15, 0.2) is 0 Å². The molecule has 0 saturated heterocycles. The second-order valence-corrected chi connectivity index (χ2v) is 3.73. The van der Waals surface area contributed by atoms with Crippen molar-refractivity contribution in [2.45, 2.75) is 32.4 Å². The Morgan fingerprint density at radius 3 is 2.83 bits per heavy atom. The van der Waals surface area contributed by atoms with Gasteiger partial charge in [0, 0.05) is 17.1 Å². The van der Waals surface area contributed by atoms with Crippen LogP contribution in [-0.2, 0) is 0 Å². The summed E-state index contributed by atoms with van der Waals surface area (Å²) in [5.41, 5.74) is 6.62. The first kappa shape index (κ1) is 9.64. The molecule has 4 heteroatoms. The minimum Gasteiger partial charge on any atom is -0.384 e. The van der Waals surface area contributed by atoms with Crippen molar-refractivity contribution in [2.24, 2.45) is 5.73 Å². The first-order valence-electron chi connectivity index (χ1n) is 4.00. The van der Waals surface area contributed by atoms with E-state index in [0.29, 0.717) is 0 Å². The van der Waals surface area contributed by atoms with Crippen LogP contribution in [0.3, 0.4) is 0 Å². The van der Waals surface area contributed by atoms with E-state index in [0.717, 1.165) is 17.1 Å². The Bertz CT molecular complexity index is 249. The Labute approximate surface area is 76.3 Å². The van der Waals surface area contributed by atoms with Gasteiger partial charge in [0.2, 0.25) is 0 Å². The van der Waals surface area contributed by atoms with E-state index in [4.69, 9.17) is 5.73 Å². The van der Waals surface area contributed by atoms with Gasteiger partial charge in [-0.3, -0.25) is 0 Å². The summed E-state index contributed by atoms with van der Waals surface area (Å²) in [6.07, 6.45) is 0.161. The quantitative estimate of drug-likeness (QED) is 0.746. The normalized spacial score (nSPS) is 16.0. The van der Waals surface area contributed by atoms with Gasteiger partial charge in [-0.1, -0.05) is 6.92 Å². The smallest absolute Gasteiger partial charge is 0.123 e. The summed E-state index contributed by atoms with van der Waals surface area (Å²) in [7, 11) is 0. The zero-order valence-electron chi connectivity index (χ0n) is 7.32. The van der Waals surface area contributed by atoms with E-state index < -0.39 is 6.10 Å². The summed E-state index contributed by atoms with van der Waals surface area (Å²) in [5.74, 6) is 0. The maximum absolute atomic E-state index is 9.63. The molecule has 3 nitrogen and oxygen atoms in total. The third-order valence-corrected chi connectivity index (χ3v) is 2.80. The van der Waals surface area contributed by atoms with Crippen LogP contribution in [0.1, 0.15) is 30.2 Å². The number of hydrogen-bond acceptors (Lipinski definition) is 4. The number of thiazole rings is 1. The lowest BCUT2D eigenvalue weighted by molar-refractivity contribution is 0.144. The molecule has 0 fully saturated rings. The van der Waals surface area contributed by atoms with Crippen LogP contribution in [0.15, 0.2) is 5.38 Å². The van der Waals surface area contributed by atoms with E-state index in [1.54, 1.807) is 0 Å². The third-order valence-electron chi connectivity index (χ3n) is 1.77. The molecule has 1 heterocycles. The van der Waals surface area contributed by atoms with E-state index in [9.17, 15) is 5.11 Å². The molecule has 3 N–H and O–H groups in total. The van der Waals surface area contributed by atoms with Crippen LogP contribution in [0.25, 0.3) is 0 Å². The van der Waals surface area contributed by atoms with Gasteiger partial charge in [0.05, 0.1) is 0 Å². The molecule has 1 rings (SSSR count). The molecular weight excluding hydrogens is 172 g/mol. The number of aromatic nitrogens is 1. The molecular formula is C8H14N2OS. The predicted octanol–water partition coefficient (Wildman–Crippen LogP) is 1.22. The molecule has 0 spiro atoms. The molecule has 0 radical (unpaired) electrons. The van der Waals surface area contributed by atoms with E-state index in [1.807, 2.05) is 19.2 Å². The summed E-state index contributed by atoms with van der Waals surface area (Å²) in [5, 5.41) is 12.3. The fourth-order valence-electron chi connectivity index (χ4n) is 0.914. The number of nitrogens with two attached hydrogens (primary N) is 1. The number of aliphatic hydroxyl groups is 1. The highest BCUT2D eigenvalue weighted by atomic mass is 32.1. The van der Waals surface area contributed by atoms with Crippen molar-refractivity contribution in [2.75, 3.05) is 0 Å². The second kappa shape index (κ2) is 3.98. The Balaban J connectivity index is 2.70. The van der Waals surface area contributed by atoms with Crippen LogP contribution < -0.4 is 5.73 Å². The molecule has 0 aromatic carbocycles. The minimum absolute atomic E-state index is 0.199. The van der Waals surface area contributed by atoms with Gasteiger partial charge in [-0.2, -0.15) is 0 Å². The van der Waals surface area contributed by atoms with E-state index in [1.165, 1.54) is 11.3 Å². The van der Waals surface area contributed by atoms with Crippen LogP contribution in [-0.4, -0.2) is 16.1 Å². The lowest BCUT2D eigenvalue weighted by atomic mass is 10.1. The monoisotopic (exact) mass is 186 g/mol. The van der Waals surface area contributed by atoms with Crippen LogP contribution in [0.5, 0.6) is 0 Å². The second-order valence-electron chi connectivity index (χ2n) is 2.84. The largest absolute Gasteiger partial charge is 0.384 e. The van der Waals surface area contributed by atoms with Crippen LogP contribution in [0.2, 0.25) is 0 Å². The number of nitrogens with zero attached hydrogens (tertiary/aromatic N) is 1. The Morgan fingerprint density at radius 1 is 1.75 bits per heavy atom. The molecule has 0 aliphatic carbocycles. The average Bonchev–Trinajstić information content (AvgIpc) is 2.49. The molecule has 68 valence electrons. The highest BCUT2D eigenvalue weighted by molar-refractivity contribution is 7.09. The van der Waals surface area contributed by atoms with Crippen LogP contribution in [0, 0.1) is 6.92 Å². The third kappa shape index (κ3) is 2.03. The van der Waals surface area contributed by atoms with Crippen molar-refractivity contribution in [3.63, 3.8) is 0 Å². The van der Waals surface area contributed by atoms with E-state index in [2.05, 4.69) is 4.98 Å². The lowest BCUT2D eigenvalue weighted by Gasteiger charge is -2.13. The Kier molecular flexibility index (Phi) is 3.20. The summed E-state index contributed by atoms with van der Waals surface area (Å²) in [4.78, 5) is 4.17. The number of aryl methyl sites for hydroxylation is 1. The topological polar surface area (TPSA) is 59.1 Å². The summed E-state index contributed by atoms with van der Waals surface area (Å²) in [6, 6.07) is -0.199. The first-order valence-corrected chi connectivity index (χ1v) is 4.88. The molecule has 0 aliphatic heterocycles. The van der Waals surface area contributed by atoms with Crippen LogP contribution >= 0.6 is 11.3 Å². The maximum atomic E-state index is 9.63. The highest BCUT2D eigenvalue weighted by Gasteiger charge is 2.17. The van der Waals surface area contributed by atoms with Crippen molar-refractivity contribution in [3.8, 4) is 0 Å². The van der Waals surface area contributed by atoms with Gasteiger partial charge >= 0.3 is 0 Å². The lowest BCUT2D eigenvalue weighted by Crippen LogP contribution is -2.27. The van der Waals surface area contributed by atoms with Gasteiger partial charge < -0.3 is 10.8 Å². The number of hydrogen-bond donors (Lipinski definition) is 2. The molecule has 0 amide bonds. The predicted molar refractivity (Wildman–Crippen MR) is 50.1 cm³/mol. The fourth-order valence-corrected chi connectivity index (χ4v) is 1.77. The maximum Gasteiger partial charge on any atom is 0.123 e. The first-order chi connectivity index (χ1) is 5.65. The molecule has 2 unspecified atom stereocenters. The van der Waals surface area contributed by atoms with Gasteiger partial charge in [-0.05, 0) is 13.3 Å². The van der Waals surface area contributed by atoms with Crippen molar-refractivity contribution in [1.82, 2.24) is 4.98 Å². The molecule has 0 bridgehead atoms. The van der Waals surface area contributed by atoms with Crippen molar-refractivity contribution in [1.29, 1.82) is 0 Å². The van der Waals surface area contributed by atoms with Crippen molar-refractivity contribution in [3.05, 3.63) is 16.1 Å². The summed E-state index contributed by atoms with van der Waals surface area (Å²) < 4.78 is 0. The average molecular weight is 186 g/mol. The SMILES string of the molecule is CCC(N)C(O)c1nc(C)cs1. The molecule has 2 atom stereocenters. The van der Waals surface area contributed by atoms with E-state index >= 15 is 0 Å². The minimum atomic E-state index is -0.603. The number of rotatable bonds is 3. The van der Waals surface area contributed by atoms with Crippen molar-refractivity contribution >= 4 is 11.3 Å². The van der Waals surface area contributed by atoms with Crippen molar-refractivity contribution < 1.29 is 5.11 Å². The molecule has 1 aromatic rings. The molecule has 0 aliphatic rings. The zero-order valence-corrected chi connectivity index (χ0v) is 8.14. The summed E-state index contributed by atoms with van der Waals surface area (Å²) >= 11 is 1.46. The van der Waals surface area contributed by atoms with Gasteiger partial charge in [0.1, 0.15) is 11.1 Å². The van der Waals surface area contributed by atoms with Crippen LogP contribution in [0.4, 0.5) is 0 Å². The van der Waals surface area contributed by atoms with Gasteiger partial charge in [-0.15, -0.1) is 11.3 Å². The number of aliphatic hydroxyl groups excluding tert-OH is 1. The molecule has 0 saturated carbocycles. The standard InChI is InChI=1S/C8H14N2OS/c1-3-6(9)7(11)8-10-5(2)4-12-8/h4,6-7,11H,3,9H2,1-2H3. The molecule has 12 heavy (non-hydrogen) atoms. The highest BCUT2D eigenvalue weighted by Crippen LogP contribution is 2.20. The zero-order chi connectivity index (χ0) is 9.14.